The number of hydrogen-bond acceptors (Lipinski definition) is 3. The summed E-state index contributed by atoms with van der Waals surface area (Å²) in [5, 5.41) is 7.48. The van der Waals surface area contributed by atoms with Gasteiger partial charge in [-0.25, -0.2) is 4.98 Å². The highest BCUT2D eigenvalue weighted by Gasteiger charge is 2.50. The van der Waals surface area contributed by atoms with Crippen LogP contribution in [-0.4, -0.2) is 15.2 Å². The highest BCUT2D eigenvalue weighted by molar-refractivity contribution is 5.06. The monoisotopic (exact) mass is 274 g/mol. The maximum absolute atomic E-state index is 6.58. The summed E-state index contributed by atoms with van der Waals surface area (Å²) >= 11 is 0. The van der Waals surface area contributed by atoms with Gasteiger partial charge in [-0.1, -0.05) is 6.92 Å². The Balaban J connectivity index is 1.54. The predicted molar refractivity (Wildman–Crippen MR) is 77.8 cm³/mol. The van der Waals surface area contributed by atoms with Crippen molar-refractivity contribution in [2.75, 3.05) is 0 Å². The standard InChI is InChI=1S/C16H26N4/c1-2-3-13-18-16(20-19-13)15(17)14-11-5-9-4-10(7-11)8-12(14)6-9/h9-12,14-15H,2-8,17H2,1H3,(H,18,19,20). The molecule has 5 rings (SSSR count). The Hall–Kier alpha value is -0.900. The lowest BCUT2D eigenvalue weighted by Crippen LogP contribution is -2.48. The fraction of sp³-hybridized carbons (Fsp3) is 0.875. The molecule has 4 aliphatic carbocycles. The average Bonchev–Trinajstić information content (AvgIpc) is 2.86. The summed E-state index contributed by atoms with van der Waals surface area (Å²) in [7, 11) is 0. The van der Waals surface area contributed by atoms with E-state index in [4.69, 9.17) is 5.73 Å². The Labute approximate surface area is 120 Å². The lowest BCUT2D eigenvalue weighted by atomic mass is 9.50. The third-order valence-corrected chi connectivity index (χ3v) is 6.05. The van der Waals surface area contributed by atoms with E-state index in [-0.39, 0.29) is 6.04 Å². The predicted octanol–water partition coefficient (Wildman–Crippen LogP) is 2.83. The first-order chi connectivity index (χ1) is 9.74. The molecule has 4 heteroatoms. The molecule has 4 saturated carbocycles. The minimum absolute atomic E-state index is 0.0480. The zero-order chi connectivity index (χ0) is 13.7. The minimum Gasteiger partial charge on any atom is -0.321 e. The van der Waals surface area contributed by atoms with Gasteiger partial charge < -0.3 is 5.73 Å². The van der Waals surface area contributed by atoms with Gasteiger partial charge in [0.1, 0.15) is 5.82 Å². The molecule has 0 amide bonds. The van der Waals surface area contributed by atoms with Gasteiger partial charge in [0.15, 0.2) is 5.82 Å². The van der Waals surface area contributed by atoms with E-state index in [1.807, 2.05) is 0 Å². The van der Waals surface area contributed by atoms with Crippen LogP contribution in [0.15, 0.2) is 0 Å². The first-order valence-electron chi connectivity index (χ1n) is 8.41. The molecule has 110 valence electrons. The van der Waals surface area contributed by atoms with E-state index in [1.165, 1.54) is 32.1 Å². The maximum Gasteiger partial charge on any atom is 0.167 e. The number of nitrogens with one attached hydrogen (secondary N) is 1. The van der Waals surface area contributed by atoms with Crippen LogP contribution in [0.3, 0.4) is 0 Å². The SMILES string of the molecule is CCCc1nc(C(N)C2C3CC4CC(C3)CC2C4)n[nH]1. The van der Waals surface area contributed by atoms with Gasteiger partial charge in [-0.2, -0.15) is 5.10 Å². The van der Waals surface area contributed by atoms with Crippen LogP contribution in [0.2, 0.25) is 0 Å². The molecular formula is C16H26N4. The first kappa shape index (κ1) is 12.8. The second-order valence-corrected chi connectivity index (χ2v) is 7.42. The molecule has 4 bridgehead atoms. The van der Waals surface area contributed by atoms with Crippen molar-refractivity contribution in [2.45, 2.75) is 57.9 Å². The van der Waals surface area contributed by atoms with Crippen LogP contribution in [0.4, 0.5) is 0 Å². The summed E-state index contributed by atoms with van der Waals surface area (Å²) in [6.45, 7) is 2.17. The van der Waals surface area contributed by atoms with E-state index in [9.17, 15) is 0 Å². The molecule has 0 aromatic carbocycles. The van der Waals surface area contributed by atoms with Gasteiger partial charge in [-0.05, 0) is 68.1 Å². The Morgan fingerprint density at radius 3 is 2.40 bits per heavy atom. The quantitative estimate of drug-likeness (QED) is 0.887. The van der Waals surface area contributed by atoms with Gasteiger partial charge in [0.2, 0.25) is 0 Å². The number of nitrogens with zero attached hydrogens (tertiary/aromatic N) is 2. The van der Waals surface area contributed by atoms with E-state index < -0.39 is 0 Å². The molecule has 4 aliphatic rings. The van der Waals surface area contributed by atoms with Gasteiger partial charge in [0, 0.05) is 6.42 Å². The molecule has 1 aromatic rings. The fourth-order valence-electron chi connectivity index (χ4n) is 5.53. The van der Waals surface area contributed by atoms with Crippen LogP contribution in [0, 0.1) is 29.6 Å². The van der Waals surface area contributed by atoms with Crippen molar-refractivity contribution in [2.24, 2.45) is 35.3 Å². The number of H-pyrrole nitrogens is 1. The lowest BCUT2D eigenvalue weighted by Gasteiger charge is -2.55. The fourth-order valence-corrected chi connectivity index (χ4v) is 5.53. The topological polar surface area (TPSA) is 67.6 Å². The van der Waals surface area contributed by atoms with Crippen molar-refractivity contribution in [1.82, 2.24) is 15.2 Å². The summed E-state index contributed by atoms with van der Waals surface area (Å²) in [4.78, 5) is 4.64. The van der Waals surface area contributed by atoms with E-state index in [2.05, 4.69) is 22.1 Å². The third kappa shape index (κ3) is 2.00. The van der Waals surface area contributed by atoms with E-state index >= 15 is 0 Å². The molecule has 0 aliphatic heterocycles. The lowest BCUT2D eigenvalue weighted by molar-refractivity contribution is -0.0481. The first-order valence-corrected chi connectivity index (χ1v) is 8.41. The Morgan fingerprint density at radius 2 is 1.80 bits per heavy atom. The molecule has 4 fully saturated rings. The zero-order valence-corrected chi connectivity index (χ0v) is 12.4. The summed E-state index contributed by atoms with van der Waals surface area (Å²) in [5.74, 6) is 6.19. The van der Waals surface area contributed by atoms with Crippen LogP contribution in [-0.2, 0) is 6.42 Å². The van der Waals surface area contributed by atoms with Crippen LogP contribution in [0.5, 0.6) is 0 Å². The molecule has 20 heavy (non-hydrogen) atoms. The molecule has 1 heterocycles. The summed E-state index contributed by atoms with van der Waals surface area (Å²) in [5.41, 5.74) is 6.58. The molecular weight excluding hydrogens is 248 g/mol. The number of aryl methyl sites for hydroxylation is 1. The van der Waals surface area contributed by atoms with E-state index in [1.54, 1.807) is 0 Å². The second-order valence-electron chi connectivity index (χ2n) is 7.42. The van der Waals surface area contributed by atoms with Gasteiger partial charge >= 0.3 is 0 Å². The largest absolute Gasteiger partial charge is 0.321 e. The van der Waals surface area contributed by atoms with E-state index in [0.717, 1.165) is 48.2 Å². The van der Waals surface area contributed by atoms with Gasteiger partial charge in [0.25, 0.3) is 0 Å². The summed E-state index contributed by atoms with van der Waals surface area (Å²) < 4.78 is 0. The Kier molecular flexibility index (Phi) is 3.09. The van der Waals surface area contributed by atoms with Gasteiger partial charge in [-0.3, -0.25) is 5.10 Å². The Morgan fingerprint density at radius 1 is 1.15 bits per heavy atom. The van der Waals surface area contributed by atoms with Crippen molar-refractivity contribution >= 4 is 0 Å². The van der Waals surface area contributed by atoms with Crippen molar-refractivity contribution in [3.8, 4) is 0 Å². The Bertz CT molecular complexity index is 453. The highest BCUT2D eigenvalue weighted by Crippen LogP contribution is 2.58. The number of aromatic nitrogens is 3. The van der Waals surface area contributed by atoms with Crippen LogP contribution in [0.1, 0.15) is 63.1 Å². The van der Waals surface area contributed by atoms with Gasteiger partial charge in [-0.15, -0.1) is 0 Å². The maximum atomic E-state index is 6.58. The zero-order valence-electron chi connectivity index (χ0n) is 12.4. The van der Waals surface area contributed by atoms with Crippen LogP contribution in [0.25, 0.3) is 0 Å². The van der Waals surface area contributed by atoms with Crippen LogP contribution >= 0.6 is 0 Å². The number of aromatic amines is 1. The van der Waals surface area contributed by atoms with Crippen molar-refractivity contribution in [3.05, 3.63) is 11.6 Å². The second kappa shape index (κ2) is 4.83. The van der Waals surface area contributed by atoms with Crippen molar-refractivity contribution in [1.29, 1.82) is 0 Å². The van der Waals surface area contributed by atoms with E-state index in [0.29, 0.717) is 5.92 Å². The normalized spacial score (nSPS) is 40.2. The molecule has 0 radical (unpaired) electrons. The molecule has 1 atom stereocenters. The molecule has 0 saturated heterocycles. The number of rotatable bonds is 4. The molecule has 1 unspecified atom stereocenters. The molecule has 3 N–H and O–H groups in total. The third-order valence-electron chi connectivity index (χ3n) is 6.05. The summed E-state index contributed by atoms with van der Waals surface area (Å²) in [6.07, 6.45) is 9.23. The summed E-state index contributed by atoms with van der Waals surface area (Å²) in [6, 6.07) is 0.0480. The van der Waals surface area contributed by atoms with Crippen LogP contribution < -0.4 is 5.73 Å². The van der Waals surface area contributed by atoms with Crippen molar-refractivity contribution in [3.63, 3.8) is 0 Å². The highest BCUT2D eigenvalue weighted by atomic mass is 15.2. The molecule has 0 spiro atoms. The minimum atomic E-state index is 0.0480. The average molecular weight is 274 g/mol. The number of hydrogen-bond donors (Lipinski definition) is 2. The number of nitrogens with two attached hydrogens (primary N) is 1. The molecule has 4 nitrogen and oxygen atoms in total. The van der Waals surface area contributed by atoms with Crippen molar-refractivity contribution < 1.29 is 0 Å². The molecule has 1 aromatic heterocycles. The van der Waals surface area contributed by atoms with Gasteiger partial charge in [0.05, 0.1) is 6.04 Å². The smallest absolute Gasteiger partial charge is 0.167 e.